The molecule has 1 aromatic rings. The fraction of sp³-hybridized carbons (Fsp3) is 0.737. The third-order valence-electron chi connectivity index (χ3n) is 5.86. The van der Waals surface area contributed by atoms with Crippen molar-refractivity contribution in [3.05, 3.63) is 23.8 Å². The SMILES string of the molecule is CN1C[C@@]2(CCCN(Cc3cnc(C4CCCCC4)nc3)C2)OC1=O. The van der Waals surface area contributed by atoms with Crippen LogP contribution in [0.15, 0.2) is 12.4 Å². The second-order valence-corrected chi connectivity index (χ2v) is 8.01. The lowest BCUT2D eigenvalue weighted by atomic mass is 9.89. The Morgan fingerprint density at radius 2 is 1.92 bits per heavy atom. The van der Waals surface area contributed by atoms with E-state index in [1.54, 1.807) is 4.90 Å². The van der Waals surface area contributed by atoms with E-state index in [4.69, 9.17) is 4.74 Å². The van der Waals surface area contributed by atoms with Gasteiger partial charge in [-0.1, -0.05) is 19.3 Å². The van der Waals surface area contributed by atoms with Crippen LogP contribution in [0.1, 0.15) is 62.3 Å². The molecule has 2 aliphatic heterocycles. The molecule has 1 atom stereocenters. The molecule has 4 rings (SSSR count). The van der Waals surface area contributed by atoms with Gasteiger partial charge >= 0.3 is 6.09 Å². The van der Waals surface area contributed by atoms with Gasteiger partial charge in [0.1, 0.15) is 11.4 Å². The number of nitrogens with zero attached hydrogens (tertiary/aromatic N) is 4. The van der Waals surface area contributed by atoms with Gasteiger partial charge in [0.2, 0.25) is 0 Å². The lowest BCUT2D eigenvalue weighted by Gasteiger charge is -2.38. The van der Waals surface area contributed by atoms with E-state index < -0.39 is 0 Å². The quantitative estimate of drug-likeness (QED) is 0.844. The van der Waals surface area contributed by atoms with Gasteiger partial charge < -0.3 is 9.64 Å². The maximum absolute atomic E-state index is 11.8. The molecule has 1 amide bonds. The third-order valence-corrected chi connectivity index (χ3v) is 5.86. The van der Waals surface area contributed by atoms with Crippen LogP contribution in [-0.2, 0) is 11.3 Å². The highest BCUT2D eigenvalue weighted by atomic mass is 16.6. The minimum absolute atomic E-state index is 0.193. The lowest BCUT2D eigenvalue weighted by Crippen LogP contribution is -2.50. The van der Waals surface area contributed by atoms with Gasteiger partial charge in [-0.15, -0.1) is 0 Å². The van der Waals surface area contributed by atoms with Crippen LogP contribution in [-0.4, -0.2) is 58.1 Å². The molecule has 6 nitrogen and oxygen atoms in total. The summed E-state index contributed by atoms with van der Waals surface area (Å²) in [7, 11) is 1.81. The van der Waals surface area contributed by atoms with Crippen molar-refractivity contribution >= 4 is 6.09 Å². The van der Waals surface area contributed by atoms with Crippen LogP contribution < -0.4 is 0 Å². The van der Waals surface area contributed by atoms with Crippen molar-refractivity contribution in [3.8, 4) is 0 Å². The number of hydrogen-bond acceptors (Lipinski definition) is 5. The number of rotatable bonds is 3. The zero-order valence-corrected chi connectivity index (χ0v) is 15.1. The Labute approximate surface area is 149 Å². The zero-order chi connectivity index (χ0) is 17.3. The molecule has 0 radical (unpaired) electrons. The Morgan fingerprint density at radius 3 is 2.60 bits per heavy atom. The number of hydrogen-bond donors (Lipinski definition) is 0. The Kier molecular flexibility index (Phi) is 4.63. The van der Waals surface area contributed by atoms with Crippen molar-refractivity contribution in [2.45, 2.75) is 63.0 Å². The van der Waals surface area contributed by atoms with Gasteiger partial charge in [0.15, 0.2) is 0 Å². The van der Waals surface area contributed by atoms with Crippen molar-refractivity contribution < 1.29 is 9.53 Å². The molecule has 1 spiro atoms. The van der Waals surface area contributed by atoms with Crippen LogP contribution in [0.4, 0.5) is 4.79 Å². The summed E-state index contributed by atoms with van der Waals surface area (Å²) in [6, 6.07) is 0. The topological polar surface area (TPSA) is 58.6 Å². The van der Waals surface area contributed by atoms with Crippen LogP contribution in [0, 0.1) is 0 Å². The summed E-state index contributed by atoms with van der Waals surface area (Å²) in [6.07, 6.45) is 12.2. The number of ether oxygens (including phenoxy) is 1. The molecule has 3 aliphatic rings. The van der Waals surface area contributed by atoms with Crippen LogP contribution in [0.25, 0.3) is 0 Å². The van der Waals surface area contributed by atoms with Gasteiger partial charge in [-0.05, 0) is 32.2 Å². The van der Waals surface area contributed by atoms with E-state index in [9.17, 15) is 4.79 Å². The average molecular weight is 344 g/mol. The molecule has 0 N–H and O–H groups in total. The molecule has 1 saturated carbocycles. The predicted octanol–water partition coefficient (Wildman–Crippen LogP) is 2.94. The highest BCUT2D eigenvalue weighted by Crippen LogP contribution is 2.32. The van der Waals surface area contributed by atoms with Crippen molar-refractivity contribution in [1.82, 2.24) is 19.8 Å². The van der Waals surface area contributed by atoms with Gasteiger partial charge in [0.05, 0.1) is 6.54 Å². The highest BCUT2D eigenvalue weighted by molar-refractivity contribution is 5.70. The first kappa shape index (κ1) is 16.8. The minimum Gasteiger partial charge on any atom is -0.440 e. The molecule has 3 heterocycles. The zero-order valence-electron chi connectivity index (χ0n) is 15.1. The number of piperidine rings is 1. The predicted molar refractivity (Wildman–Crippen MR) is 94.2 cm³/mol. The van der Waals surface area contributed by atoms with Gasteiger partial charge in [-0.3, -0.25) is 4.90 Å². The fourth-order valence-electron chi connectivity index (χ4n) is 4.61. The van der Waals surface area contributed by atoms with E-state index in [1.807, 2.05) is 19.4 Å². The average Bonchev–Trinajstić information content (AvgIpc) is 2.89. The molecule has 0 unspecified atom stereocenters. The Hall–Kier alpha value is -1.69. The van der Waals surface area contributed by atoms with Crippen molar-refractivity contribution in [2.24, 2.45) is 0 Å². The van der Waals surface area contributed by atoms with E-state index in [1.165, 1.54) is 32.1 Å². The number of likely N-dealkylation sites (tertiary alicyclic amines) is 1. The molecular weight excluding hydrogens is 316 g/mol. The van der Waals surface area contributed by atoms with E-state index in [-0.39, 0.29) is 11.7 Å². The summed E-state index contributed by atoms with van der Waals surface area (Å²) in [5.74, 6) is 1.57. The standard InChI is InChI=1S/C19H28N4O2/c1-22-13-19(25-18(22)24)8-5-9-23(14-19)12-15-10-20-17(21-11-15)16-6-3-2-4-7-16/h10-11,16H,2-9,12-14H2,1H3/t19-/m1/s1. The maximum Gasteiger partial charge on any atom is 0.410 e. The van der Waals surface area contributed by atoms with Crippen molar-refractivity contribution in [2.75, 3.05) is 26.7 Å². The molecule has 1 aliphatic carbocycles. The number of likely N-dealkylation sites (N-methyl/N-ethyl adjacent to an activating group) is 1. The largest absolute Gasteiger partial charge is 0.440 e. The molecule has 0 aromatic carbocycles. The van der Waals surface area contributed by atoms with Gasteiger partial charge in [0, 0.05) is 44.0 Å². The smallest absolute Gasteiger partial charge is 0.410 e. The second kappa shape index (κ2) is 6.90. The van der Waals surface area contributed by atoms with E-state index in [0.717, 1.165) is 43.9 Å². The summed E-state index contributed by atoms with van der Waals surface area (Å²) < 4.78 is 5.68. The minimum atomic E-state index is -0.326. The van der Waals surface area contributed by atoms with Gasteiger partial charge in [0.25, 0.3) is 0 Å². The summed E-state index contributed by atoms with van der Waals surface area (Å²) in [5, 5.41) is 0. The fourth-order valence-corrected chi connectivity index (χ4v) is 4.61. The number of carbonyl (C=O) groups excluding carboxylic acids is 1. The van der Waals surface area contributed by atoms with Gasteiger partial charge in [-0.25, -0.2) is 14.8 Å². The maximum atomic E-state index is 11.8. The molecule has 2 saturated heterocycles. The summed E-state index contributed by atoms with van der Waals surface area (Å²) in [4.78, 5) is 25.1. The first-order chi connectivity index (χ1) is 12.1. The molecule has 0 bridgehead atoms. The third kappa shape index (κ3) is 3.64. The molecule has 6 heteroatoms. The normalized spacial score (nSPS) is 28.5. The van der Waals surface area contributed by atoms with Gasteiger partial charge in [-0.2, -0.15) is 0 Å². The highest BCUT2D eigenvalue weighted by Gasteiger charge is 2.46. The van der Waals surface area contributed by atoms with E-state index >= 15 is 0 Å². The number of amides is 1. The van der Waals surface area contributed by atoms with Crippen molar-refractivity contribution in [3.63, 3.8) is 0 Å². The second-order valence-electron chi connectivity index (χ2n) is 8.01. The monoisotopic (exact) mass is 344 g/mol. The Morgan fingerprint density at radius 1 is 1.16 bits per heavy atom. The van der Waals surface area contributed by atoms with Crippen LogP contribution in [0.2, 0.25) is 0 Å². The van der Waals surface area contributed by atoms with Crippen LogP contribution in [0.5, 0.6) is 0 Å². The summed E-state index contributed by atoms with van der Waals surface area (Å²) >= 11 is 0. The van der Waals surface area contributed by atoms with Crippen LogP contribution >= 0.6 is 0 Å². The molecular formula is C19H28N4O2. The molecule has 1 aromatic heterocycles. The Bertz CT molecular complexity index is 614. The van der Waals surface area contributed by atoms with Crippen molar-refractivity contribution in [1.29, 1.82) is 0 Å². The molecule has 3 fully saturated rings. The lowest BCUT2D eigenvalue weighted by molar-refractivity contribution is -0.0114. The number of carbonyl (C=O) groups is 1. The van der Waals surface area contributed by atoms with E-state index in [2.05, 4.69) is 14.9 Å². The number of aromatic nitrogens is 2. The summed E-state index contributed by atoms with van der Waals surface area (Å²) in [6.45, 7) is 3.36. The molecule has 25 heavy (non-hydrogen) atoms. The first-order valence-corrected chi connectivity index (χ1v) is 9.61. The first-order valence-electron chi connectivity index (χ1n) is 9.61. The Balaban J connectivity index is 1.37. The summed E-state index contributed by atoms with van der Waals surface area (Å²) in [5.41, 5.74) is 0.821. The van der Waals surface area contributed by atoms with Crippen LogP contribution in [0.3, 0.4) is 0 Å². The molecule has 136 valence electrons. The van der Waals surface area contributed by atoms with E-state index in [0.29, 0.717) is 12.5 Å².